The molecule has 0 heterocycles. The standard InChI is InChI=1S/C7H11F2NO2/c1-2-12-6(11)5-4(3-10)7(5,8)9/h4-5H,2-3,10H2,1H3/t4-,5+/m1/s1. The molecule has 0 amide bonds. The van der Waals surface area contributed by atoms with Crippen LogP contribution >= 0.6 is 0 Å². The molecule has 0 radical (unpaired) electrons. The van der Waals surface area contributed by atoms with E-state index in [1.165, 1.54) is 0 Å². The fourth-order valence-electron chi connectivity index (χ4n) is 1.24. The molecule has 70 valence electrons. The molecule has 0 unspecified atom stereocenters. The molecule has 1 rings (SSSR count). The van der Waals surface area contributed by atoms with Crippen LogP contribution in [0, 0.1) is 11.8 Å². The monoisotopic (exact) mass is 179 g/mol. The summed E-state index contributed by atoms with van der Waals surface area (Å²) in [5.41, 5.74) is 5.05. The molecule has 3 nitrogen and oxygen atoms in total. The molecule has 1 fully saturated rings. The van der Waals surface area contributed by atoms with E-state index in [2.05, 4.69) is 4.74 Å². The van der Waals surface area contributed by atoms with E-state index in [-0.39, 0.29) is 13.2 Å². The summed E-state index contributed by atoms with van der Waals surface area (Å²) >= 11 is 0. The van der Waals surface area contributed by atoms with Gasteiger partial charge in [0.05, 0.1) is 12.5 Å². The summed E-state index contributed by atoms with van der Waals surface area (Å²) in [4.78, 5) is 10.8. The van der Waals surface area contributed by atoms with Crippen molar-refractivity contribution < 1.29 is 18.3 Å². The summed E-state index contributed by atoms with van der Waals surface area (Å²) in [5.74, 6) is -6.10. The summed E-state index contributed by atoms with van der Waals surface area (Å²) in [6.45, 7) is 1.54. The van der Waals surface area contributed by atoms with Crippen LogP contribution in [0.5, 0.6) is 0 Å². The lowest BCUT2D eigenvalue weighted by atomic mass is 10.3. The first-order valence-corrected chi connectivity index (χ1v) is 3.80. The van der Waals surface area contributed by atoms with Gasteiger partial charge < -0.3 is 10.5 Å². The van der Waals surface area contributed by atoms with Gasteiger partial charge in [0.15, 0.2) is 0 Å². The van der Waals surface area contributed by atoms with E-state index in [4.69, 9.17) is 5.73 Å². The van der Waals surface area contributed by atoms with Gasteiger partial charge in [-0.2, -0.15) is 0 Å². The van der Waals surface area contributed by atoms with Crippen LogP contribution in [0.1, 0.15) is 6.92 Å². The summed E-state index contributed by atoms with van der Waals surface area (Å²) < 4.78 is 29.8. The van der Waals surface area contributed by atoms with Gasteiger partial charge in [-0.3, -0.25) is 4.79 Å². The van der Waals surface area contributed by atoms with Crippen LogP contribution in [-0.2, 0) is 9.53 Å². The molecular weight excluding hydrogens is 168 g/mol. The molecule has 12 heavy (non-hydrogen) atoms. The molecule has 0 aromatic rings. The zero-order chi connectivity index (χ0) is 9.35. The zero-order valence-corrected chi connectivity index (χ0v) is 6.72. The lowest BCUT2D eigenvalue weighted by Gasteiger charge is -1.97. The van der Waals surface area contributed by atoms with Crippen molar-refractivity contribution in [2.24, 2.45) is 17.6 Å². The molecule has 0 aliphatic heterocycles. The van der Waals surface area contributed by atoms with Gasteiger partial charge in [0.2, 0.25) is 0 Å². The maximum atomic E-state index is 12.7. The Hall–Kier alpha value is -0.710. The summed E-state index contributed by atoms with van der Waals surface area (Å²) in [5, 5.41) is 0. The maximum Gasteiger partial charge on any atom is 0.315 e. The Morgan fingerprint density at radius 1 is 1.67 bits per heavy atom. The number of carbonyl (C=O) groups is 1. The van der Waals surface area contributed by atoms with E-state index < -0.39 is 23.7 Å². The Labute approximate surface area is 68.9 Å². The SMILES string of the molecule is CCOC(=O)[C@@H]1[C@@H](CN)C1(F)F. The predicted molar refractivity (Wildman–Crippen MR) is 37.6 cm³/mol. The van der Waals surface area contributed by atoms with E-state index in [1.54, 1.807) is 6.92 Å². The molecule has 0 bridgehead atoms. The highest BCUT2D eigenvalue weighted by Gasteiger charge is 2.71. The quantitative estimate of drug-likeness (QED) is 0.637. The Kier molecular flexibility index (Phi) is 2.32. The molecule has 5 heteroatoms. The number of hydrogen-bond acceptors (Lipinski definition) is 3. The summed E-state index contributed by atoms with van der Waals surface area (Å²) in [7, 11) is 0. The second-order valence-corrected chi connectivity index (χ2v) is 2.75. The largest absolute Gasteiger partial charge is 0.466 e. The number of halogens is 2. The van der Waals surface area contributed by atoms with Crippen molar-refractivity contribution in [1.29, 1.82) is 0 Å². The van der Waals surface area contributed by atoms with E-state index >= 15 is 0 Å². The molecule has 1 aliphatic carbocycles. The van der Waals surface area contributed by atoms with Gasteiger partial charge in [0.1, 0.15) is 5.92 Å². The van der Waals surface area contributed by atoms with E-state index in [0.717, 1.165) is 0 Å². The molecular formula is C7H11F2NO2. The third-order valence-corrected chi connectivity index (χ3v) is 2.00. The molecule has 0 aromatic carbocycles. The number of esters is 1. The Morgan fingerprint density at radius 2 is 2.25 bits per heavy atom. The maximum absolute atomic E-state index is 12.7. The highest BCUT2D eigenvalue weighted by molar-refractivity contribution is 5.78. The van der Waals surface area contributed by atoms with Crippen molar-refractivity contribution in [3.8, 4) is 0 Å². The first-order chi connectivity index (χ1) is 5.55. The van der Waals surface area contributed by atoms with Crippen molar-refractivity contribution in [3.05, 3.63) is 0 Å². The molecule has 1 saturated carbocycles. The molecule has 0 aromatic heterocycles. The fourth-order valence-corrected chi connectivity index (χ4v) is 1.24. The Balaban J connectivity index is 2.51. The fraction of sp³-hybridized carbons (Fsp3) is 0.857. The third-order valence-electron chi connectivity index (χ3n) is 2.00. The van der Waals surface area contributed by atoms with Crippen molar-refractivity contribution in [2.75, 3.05) is 13.2 Å². The zero-order valence-electron chi connectivity index (χ0n) is 6.72. The van der Waals surface area contributed by atoms with Gasteiger partial charge in [0, 0.05) is 6.54 Å². The van der Waals surface area contributed by atoms with Crippen LogP contribution < -0.4 is 5.73 Å². The molecule has 2 atom stereocenters. The molecule has 0 saturated heterocycles. The van der Waals surface area contributed by atoms with Gasteiger partial charge in [0.25, 0.3) is 5.92 Å². The van der Waals surface area contributed by atoms with Crippen LogP contribution in [0.4, 0.5) is 8.78 Å². The first-order valence-electron chi connectivity index (χ1n) is 3.80. The predicted octanol–water partition coefficient (Wildman–Crippen LogP) is 0.389. The van der Waals surface area contributed by atoms with Crippen molar-refractivity contribution in [2.45, 2.75) is 12.8 Å². The highest BCUT2D eigenvalue weighted by Crippen LogP contribution is 2.55. The van der Waals surface area contributed by atoms with Crippen LogP contribution in [0.3, 0.4) is 0 Å². The summed E-state index contributed by atoms with van der Waals surface area (Å²) in [6, 6.07) is 0. The average Bonchev–Trinajstić information content (AvgIpc) is 2.53. The third kappa shape index (κ3) is 1.29. The molecule has 0 spiro atoms. The first kappa shape index (κ1) is 9.38. The number of rotatable bonds is 3. The number of carbonyl (C=O) groups excluding carboxylic acids is 1. The van der Waals surface area contributed by atoms with Gasteiger partial charge in [-0.05, 0) is 6.92 Å². The van der Waals surface area contributed by atoms with Gasteiger partial charge in [-0.25, -0.2) is 8.78 Å². The van der Waals surface area contributed by atoms with E-state index in [1.807, 2.05) is 0 Å². The topological polar surface area (TPSA) is 52.3 Å². The minimum absolute atomic E-state index is 0.128. The van der Waals surface area contributed by atoms with Crippen LogP contribution in [-0.4, -0.2) is 25.0 Å². The molecule has 1 aliphatic rings. The number of alkyl halides is 2. The van der Waals surface area contributed by atoms with Gasteiger partial charge in [-0.15, -0.1) is 0 Å². The smallest absolute Gasteiger partial charge is 0.315 e. The average molecular weight is 179 g/mol. The minimum atomic E-state index is -2.94. The number of hydrogen-bond donors (Lipinski definition) is 1. The van der Waals surface area contributed by atoms with Crippen LogP contribution in [0.15, 0.2) is 0 Å². The van der Waals surface area contributed by atoms with Crippen LogP contribution in [0.2, 0.25) is 0 Å². The second kappa shape index (κ2) is 2.97. The van der Waals surface area contributed by atoms with Crippen molar-refractivity contribution in [3.63, 3.8) is 0 Å². The lowest BCUT2D eigenvalue weighted by Crippen LogP contribution is -2.12. The Bertz CT molecular complexity index is 196. The Morgan fingerprint density at radius 3 is 2.58 bits per heavy atom. The lowest BCUT2D eigenvalue weighted by molar-refractivity contribution is -0.147. The van der Waals surface area contributed by atoms with Gasteiger partial charge >= 0.3 is 5.97 Å². The molecule has 2 N–H and O–H groups in total. The second-order valence-electron chi connectivity index (χ2n) is 2.75. The normalized spacial score (nSPS) is 31.3. The van der Waals surface area contributed by atoms with E-state index in [0.29, 0.717) is 0 Å². The van der Waals surface area contributed by atoms with Gasteiger partial charge in [-0.1, -0.05) is 0 Å². The summed E-state index contributed by atoms with van der Waals surface area (Å²) in [6.07, 6.45) is 0. The minimum Gasteiger partial charge on any atom is -0.466 e. The number of ether oxygens (including phenoxy) is 1. The van der Waals surface area contributed by atoms with Crippen molar-refractivity contribution in [1.82, 2.24) is 0 Å². The highest BCUT2D eigenvalue weighted by atomic mass is 19.3. The van der Waals surface area contributed by atoms with Crippen LogP contribution in [0.25, 0.3) is 0 Å². The van der Waals surface area contributed by atoms with E-state index in [9.17, 15) is 13.6 Å². The number of nitrogens with two attached hydrogens (primary N) is 1. The van der Waals surface area contributed by atoms with Crippen molar-refractivity contribution >= 4 is 5.97 Å².